The Labute approximate surface area is 134 Å². The van der Waals surface area contributed by atoms with Gasteiger partial charge in [-0.05, 0) is 42.6 Å². The first kappa shape index (κ1) is 15.6. The first-order valence-corrected chi connectivity index (χ1v) is 8.41. The number of aldehydes is 1. The Balaban J connectivity index is 2.33. The van der Waals surface area contributed by atoms with Crippen LogP contribution in [0.1, 0.15) is 53.9 Å². The lowest BCUT2D eigenvalue weighted by atomic mass is 9.60. The van der Waals surface area contributed by atoms with Crippen LogP contribution >= 0.6 is 0 Å². The molecule has 1 unspecified atom stereocenters. The number of methoxy groups -OCH3 is 1. The number of carbonyl (C=O) groups excluding carboxylic acids is 1. The summed E-state index contributed by atoms with van der Waals surface area (Å²) in [6.07, 6.45) is 4.17. The van der Waals surface area contributed by atoms with E-state index in [0.717, 1.165) is 44.4 Å². The number of rotatable bonds is 2. The van der Waals surface area contributed by atoms with Crippen LogP contribution < -0.4 is 0 Å². The second kappa shape index (κ2) is 4.62. The van der Waals surface area contributed by atoms with Crippen molar-refractivity contribution in [3.63, 3.8) is 0 Å². The third-order valence-corrected chi connectivity index (χ3v) is 6.10. The smallest absolute Gasteiger partial charge is 0.133 e. The Hall–Kier alpha value is -1.25. The molecule has 2 heterocycles. The molecule has 0 aromatic rings. The van der Waals surface area contributed by atoms with Crippen LogP contribution in [0.25, 0.3) is 0 Å². The molecule has 1 saturated heterocycles. The topological polar surface area (TPSA) is 29.5 Å². The average Bonchev–Trinajstić information content (AvgIpc) is 2.45. The Morgan fingerprint density at radius 2 is 1.64 bits per heavy atom. The Bertz CT molecular complexity index is 582. The van der Waals surface area contributed by atoms with Crippen molar-refractivity contribution in [3.8, 4) is 0 Å². The second-order valence-corrected chi connectivity index (χ2v) is 8.70. The minimum Gasteiger partial charge on any atom is -0.500 e. The summed E-state index contributed by atoms with van der Waals surface area (Å²) in [6.45, 7) is 13.5. The SMILES string of the molecule is COC1=C2C3=C(CC1(C)C=O)C(C)(C)CCN3CCC2(C)C. The van der Waals surface area contributed by atoms with Crippen LogP contribution in [-0.4, -0.2) is 31.4 Å². The highest BCUT2D eigenvalue weighted by Crippen LogP contribution is 2.58. The molecule has 0 bridgehead atoms. The molecule has 122 valence electrons. The van der Waals surface area contributed by atoms with Gasteiger partial charge in [-0.15, -0.1) is 0 Å². The zero-order valence-electron chi connectivity index (χ0n) is 14.9. The van der Waals surface area contributed by atoms with Crippen molar-refractivity contribution in [3.05, 3.63) is 22.6 Å². The molecule has 0 spiro atoms. The summed E-state index contributed by atoms with van der Waals surface area (Å²) in [4.78, 5) is 14.5. The molecule has 2 aliphatic heterocycles. The molecule has 0 N–H and O–H groups in total. The van der Waals surface area contributed by atoms with E-state index >= 15 is 0 Å². The maximum Gasteiger partial charge on any atom is 0.133 e. The fraction of sp³-hybridized carbons (Fsp3) is 0.737. The highest BCUT2D eigenvalue weighted by molar-refractivity contribution is 5.69. The summed E-state index contributed by atoms with van der Waals surface area (Å²) in [6, 6.07) is 0. The molecule has 1 fully saturated rings. The van der Waals surface area contributed by atoms with Crippen molar-refractivity contribution >= 4 is 6.29 Å². The standard InChI is InChI=1S/C19H29NO2/c1-17(2)7-9-20-10-8-18(3,4)14-15(20)13(17)11-19(5,12-21)16(14)22-6/h12H,7-11H2,1-6H3. The molecule has 3 rings (SSSR count). The van der Waals surface area contributed by atoms with Crippen LogP contribution in [-0.2, 0) is 9.53 Å². The Kier molecular flexibility index (Phi) is 3.29. The van der Waals surface area contributed by atoms with E-state index in [1.807, 2.05) is 6.92 Å². The van der Waals surface area contributed by atoms with Crippen molar-refractivity contribution in [1.82, 2.24) is 4.90 Å². The van der Waals surface area contributed by atoms with Gasteiger partial charge in [-0.3, -0.25) is 0 Å². The van der Waals surface area contributed by atoms with Gasteiger partial charge in [-0.2, -0.15) is 0 Å². The van der Waals surface area contributed by atoms with Gasteiger partial charge in [0.1, 0.15) is 12.0 Å². The molecule has 0 aromatic heterocycles. The average molecular weight is 303 g/mol. The van der Waals surface area contributed by atoms with E-state index in [9.17, 15) is 4.79 Å². The molecule has 0 amide bonds. The lowest BCUT2D eigenvalue weighted by Crippen LogP contribution is -2.49. The van der Waals surface area contributed by atoms with Crippen molar-refractivity contribution in [2.75, 3.05) is 20.2 Å². The second-order valence-electron chi connectivity index (χ2n) is 8.70. The highest BCUT2D eigenvalue weighted by atomic mass is 16.5. The number of ether oxygens (including phenoxy) is 1. The zero-order valence-corrected chi connectivity index (χ0v) is 14.9. The molecule has 3 nitrogen and oxygen atoms in total. The molecule has 3 aliphatic rings. The highest BCUT2D eigenvalue weighted by Gasteiger charge is 2.51. The summed E-state index contributed by atoms with van der Waals surface area (Å²) in [5.74, 6) is 0.897. The van der Waals surface area contributed by atoms with E-state index in [0.29, 0.717) is 0 Å². The summed E-state index contributed by atoms with van der Waals surface area (Å²) in [5, 5.41) is 0. The van der Waals surface area contributed by atoms with E-state index in [1.54, 1.807) is 7.11 Å². The number of hydrogen-bond acceptors (Lipinski definition) is 3. The fourth-order valence-corrected chi connectivity index (χ4v) is 4.48. The van der Waals surface area contributed by atoms with Crippen LogP contribution in [0.3, 0.4) is 0 Å². The summed E-state index contributed by atoms with van der Waals surface area (Å²) in [5.41, 5.74) is 3.82. The summed E-state index contributed by atoms with van der Waals surface area (Å²) in [7, 11) is 1.72. The normalized spacial score (nSPS) is 32.7. The lowest BCUT2D eigenvalue weighted by molar-refractivity contribution is -0.115. The van der Waals surface area contributed by atoms with E-state index in [1.165, 1.54) is 16.8 Å². The first-order chi connectivity index (χ1) is 10.2. The molecular formula is C19H29NO2. The third-order valence-electron chi connectivity index (χ3n) is 6.10. The molecule has 1 aliphatic carbocycles. The molecular weight excluding hydrogens is 274 g/mol. The van der Waals surface area contributed by atoms with Crippen LogP contribution in [0, 0.1) is 16.2 Å². The maximum atomic E-state index is 12.0. The largest absolute Gasteiger partial charge is 0.500 e. The predicted molar refractivity (Wildman–Crippen MR) is 88.2 cm³/mol. The maximum absolute atomic E-state index is 12.0. The third kappa shape index (κ3) is 1.97. The minimum absolute atomic E-state index is 0.0561. The Morgan fingerprint density at radius 3 is 2.18 bits per heavy atom. The number of piperidine rings is 1. The van der Waals surface area contributed by atoms with Crippen molar-refractivity contribution < 1.29 is 9.53 Å². The van der Waals surface area contributed by atoms with E-state index in [4.69, 9.17) is 4.74 Å². The van der Waals surface area contributed by atoms with Gasteiger partial charge in [0.2, 0.25) is 0 Å². The number of nitrogens with zero attached hydrogens (tertiary/aromatic N) is 1. The molecule has 0 aromatic carbocycles. The van der Waals surface area contributed by atoms with E-state index in [-0.39, 0.29) is 10.8 Å². The van der Waals surface area contributed by atoms with Gasteiger partial charge in [0.05, 0.1) is 12.5 Å². The van der Waals surface area contributed by atoms with Gasteiger partial charge < -0.3 is 14.4 Å². The first-order valence-electron chi connectivity index (χ1n) is 8.41. The number of hydrogen-bond donors (Lipinski definition) is 0. The quantitative estimate of drug-likeness (QED) is 0.724. The van der Waals surface area contributed by atoms with Crippen molar-refractivity contribution in [2.45, 2.75) is 53.9 Å². The molecule has 1 atom stereocenters. The van der Waals surface area contributed by atoms with Crippen LogP contribution in [0.5, 0.6) is 0 Å². The van der Waals surface area contributed by atoms with Crippen LogP contribution in [0.2, 0.25) is 0 Å². The zero-order chi connectivity index (χ0) is 16.3. The monoisotopic (exact) mass is 303 g/mol. The number of carbonyl (C=O) groups is 1. The van der Waals surface area contributed by atoms with E-state index in [2.05, 4.69) is 32.6 Å². The molecule has 22 heavy (non-hydrogen) atoms. The van der Waals surface area contributed by atoms with Gasteiger partial charge in [0.15, 0.2) is 0 Å². The van der Waals surface area contributed by atoms with Crippen LogP contribution in [0.15, 0.2) is 22.6 Å². The summed E-state index contributed by atoms with van der Waals surface area (Å²) < 4.78 is 5.82. The predicted octanol–water partition coefficient (Wildman–Crippen LogP) is 3.91. The van der Waals surface area contributed by atoms with Crippen molar-refractivity contribution in [1.29, 1.82) is 0 Å². The minimum atomic E-state index is -0.530. The van der Waals surface area contributed by atoms with Gasteiger partial charge in [0, 0.05) is 24.4 Å². The fourth-order valence-electron chi connectivity index (χ4n) is 4.48. The van der Waals surface area contributed by atoms with Gasteiger partial charge in [-0.25, -0.2) is 0 Å². The summed E-state index contributed by atoms with van der Waals surface area (Å²) >= 11 is 0. The van der Waals surface area contributed by atoms with E-state index < -0.39 is 5.41 Å². The molecule has 0 radical (unpaired) electrons. The lowest BCUT2D eigenvalue weighted by Gasteiger charge is -2.54. The molecule has 3 heteroatoms. The van der Waals surface area contributed by atoms with Gasteiger partial charge in [-0.1, -0.05) is 27.7 Å². The van der Waals surface area contributed by atoms with Gasteiger partial charge >= 0.3 is 0 Å². The molecule has 0 saturated carbocycles. The van der Waals surface area contributed by atoms with Gasteiger partial charge in [0.25, 0.3) is 0 Å². The van der Waals surface area contributed by atoms with Crippen LogP contribution in [0.4, 0.5) is 0 Å². The Morgan fingerprint density at radius 1 is 1.05 bits per heavy atom. The number of allylic oxidation sites excluding steroid dienone is 3. The van der Waals surface area contributed by atoms with Crippen molar-refractivity contribution in [2.24, 2.45) is 16.2 Å².